The molecule has 0 fully saturated rings. The Hall–Kier alpha value is -0.610. The third-order valence-corrected chi connectivity index (χ3v) is 1.66. The second kappa shape index (κ2) is 4.31. The number of aliphatic hydroxyl groups excluding tert-OH is 1. The van der Waals surface area contributed by atoms with Crippen LogP contribution in [0.5, 0.6) is 0 Å². The number of hydrogen-bond acceptors (Lipinski definition) is 3. The molecule has 0 saturated carbocycles. The zero-order chi connectivity index (χ0) is 9.02. The van der Waals surface area contributed by atoms with Gasteiger partial charge in [0.2, 0.25) is 0 Å². The van der Waals surface area contributed by atoms with E-state index in [-0.39, 0.29) is 12.3 Å². The average Bonchev–Trinajstić information content (AvgIpc) is 1.87. The van der Waals surface area contributed by atoms with Crippen LogP contribution in [0.2, 0.25) is 0 Å². The van der Waals surface area contributed by atoms with Gasteiger partial charge in [0.25, 0.3) is 0 Å². The largest absolute Gasteiger partial charge is 0.481 e. The topological polar surface area (TPSA) is 77.8 Å². The molecule has 0 aliphatic rings. The van der Waals surface area contributed by atoms with Gasteiger partial charge in [-0.25, -0.2) is 0 Å². The highest BCUT2D eigenvalue weighted by Crippen LogP contribution is 2.13. The van der Waals surface area contributed by atoms with Crippen LogP contribution in [0.3, 0.4) is 0 Å². The summed E-state index contributed by atoms with van der Waals surface area (Å²) < 4.78 is 0. The minimum Gasteiger partial charge on any atom is -0.481 e. The van der Waals surface area contributed by atoms with Gasteiger partial charge in [0.05, 0.1) is 5.92 Å². The third-order valence-electron chi connectivity index (χ3n) is 1.66. The summed E-state index contributed by atoms with van der Waals surface area (Å²) >= 11 is 0. The Bertz CT molecular complexity index is 132. The standard InChI is InChI=1S/C7H14O4/c1-4(6(8)9)3-5(2)7(10)11/h4-6,8-9H,3H2,1-2H3,(H,10,11). The van der Waals surface area contributed by atoms with Crippen molar-refractivity contribution < 1.29 is 20.1 Å². The number of carboxylic acids is 1. The van der Waals surface area contributed by atoms with Gasteiger partial charge in [0.15, 0.2) is 6.29 Å². The normalized spacial score (nSPS) is 16.5. The van der Waals surface area contributed by atoms with Crippen molar-refractivity contribution in [2.45, 2.75) is 26.6 Å². The number of aliphatic hydroxyl groups is 2. The molecule has 0 aromatic carbocycles. The summed E-state index contributed by atoms with van der Waals surface area (Å²) in [6, 6.07) is 0. The van der Waals surface area contributed by atoms with Crippen LogP contribution in [0.25, 0.3) is 0 Å². The van der Waals surface area contributed by atoms with E-state index >= 15 is 0 Å². The van der Waals surface area contributed by atoms with Gasteiger partial charge < -0.3 is 15.3 Å². The van der Waals surface area contributed by atoms with E-state index in [2.05, 4.69) is 0 Å². The van der Waals surface area contributed by atoms with Crippen molar-refractivity contribution in [3.8, 4) is 0 Å². The van der Waals surface area contributed by atoms with E-state index in [1.54, 1.807) is 13.8 Å². The first-order valence-electron chi connectivity index (χ1n) is 3.54. The maximum absolute atomic E-state index is 10.3. The van der Waals surface area contributed by atoms with Crippen LogP contribution in [-0.2, 0) is 4.79 Å². The minimum absolute atomic E-state index is 0.285. The number of carboxylic acid groups (broad SMARTS) is 1. The SMILES string of the molecule is CC(CC(C)C(O)O)C(=O)O. The summed E-state index contributed by atoms with van der Waals surface area (Å²) in [6.07, 6.45) is -1.13. The molecule has 0 bridgehead atoms. The van der Waals surface area contributed by atoms with E-state index in [4.69, 9.17) is 15.3 Å². The Balaban J connectivity index is 3.75. The Morgan fingerprint density at radius 1 is 1.36 bits per heavy atom. The summed E-state index contributed by atoms with van der Waals surface area (Å²) in [4.78, 5) is 10.3. The summed E-state index contributed by atoms with van der Waals surface area (Å²) in [6.45, 7) is 3.14. The van der Waals surface area contributed by atoms with Crippen LogP contribution in [0.15, 0.2) is 0 Å². The lowest BCUT2D eigenvalue weighted by atomic mass is 9.97. The van der Waals surface area contributed by atoms with Crippen LogP contribution < -0.4 is 0 Å². The smallest absolute Gasteiger partial charge is 0.306 e. The van der Waals surface area contributed by atoms with Gasteiger partial charge in [-0.15, -0.1) is 0 Å². The lowest BCUT2D eigenvalue weighted by Gasteiger charge is -2.15. The second-order valence-corrected chi connectivity index (χ2v) is 2.87. The van der Waals surface area contributed by atoms with E-state index in [1.807, 2.05) is 0 Å². The first-order chi connectivity index (χ1) is 4.95. The molecule has 3 N–H and O–H groups in total. The second-order valence-electron chi connectivity index (χ2n) is 2.87. The van der Waals surface area contributed by atoms with E-state index in [1.165, 1.54) is 0 Å². The van der Waals surface area contributed by atoms with Crippen molar-refractivity contribution in [2.24, 2.45) is 11.8 Å². The van der Waals surface area contributed by atoms with E-state index < -0.39 is 18.2 Å². The minimum atomic E-state index is -1.42. The third kappa shape index (κ3) is 3.95. The average molecular weight is 162 g/mol. The fourth-order valence-corrected chi connectivity index (χ4v) is 0.780. The Kier molecular flexibility index (Phi) is 4.07. The van der Waals surface area contributed by atoms with Crippen molar-refractivity contribution >= 4 is 5.97 Å². The Morgan fingerprint density at radius 2 is 1.82 bits per heavy atom. The van der Waals surface area contributed by atoms with E-state index in [0.29, 0.717) is 0 Å². The predicted molar refractivity (Wildman–Crippen MR) is 38.8 cm³/mol. The van der Waals surface area contributed by atoms with E-state index in [0.717, 1.165) is 0 Å². The molecule has 0 aliphatic heterocycles. The summed E-state index contributed by atoms with van der Waals surface area (Å²) in [5.41, 5.74) is 0. The number of rotatable bonds is 4. The van der Waals surface area contributed by atoms with Gasteiger partial charge in [0.1, 0.15) is 0 Å². The zero-order valence-electron chi connectivity index (χ0n) is 6.69. The van der Waals surface area contributed by atoms with Crippen LogP contribution in [0.4, 0.5) is 0 Å². The molecule has 0 aliphatic carbocycles. The molecular weight excluding hydrogens is 148 g/mol. The molecule has 11 heavy (non-hydrogen) atoms. The van der Waals surface area contributed by atoms with Gasteiger partial charge in [-0.3, -0.25) is 4.79 Å². The fraction of sp³-hybridized carbons (Fsp3) is 0.857. The van der Waals surface area contributed by atoms with Gasteiger partial charge >= 0.3 is 5.97 Å². The molecule has 0 heterocycles. The number of aliphatic carboxylic acids is 1. The van der Waals surface area contributed by atoms with Gasteiger partial charge in [-0.2, -0.15) is 0 Å². The van der Waals surface area contributed by atoms with Crippen LogP contribution in [0.1, 0.15) is 20.3 Å². The molecule has 0 saturated heterocycles. The highest BCUT2D eigenvalue weighted by molar-refractivity contribution is 5.69. The summed E-state index contributed by atoms with van der Waals surface area (Å²) in [7, 11) is 0. The molecule has 2 unspecified atom stereocenters. The first kappa shape index (κ1) is 10.4. The van der Waals surface area contributed by atoms with Gasteiger partial charge in [0, 0.05) is 5.92 Å². The molecular formula is C7H14O4. The van der Waals surface area contributed by atoms with Crippen molar-refractivity contribution in [1.29, 1.82) is 0 Å². The quantitative estimate of drug-likeness (QED) is 0.510. The highest BCUT2D eigenvalue weighted by Gasteiger charge is 2.18. The van der Waals surface area contributed by atoms with E-state index in [9.17, 15) is 4.79 Å². The number of hydrogen-bond donors (Lipinski definition) is 3. The lowest BCUT2D eigenvalue weighted by Crippen LogP contribution is -2.22. The molecule has 0 radical (unpaired) electrons. The highest BCUT2D eigenvalue weighted by atomic mass is 16.5. The Labute approximate surface area is 65.5 Å². The molecule has 0 aromatic rings. The number of carbonyl (C=O) groups is 1. The van der Waals surface area contributed by atoms with Gasteiger partial charge in [-0.05, 0) is 6.42 Å². The molecule has 4 heteroatoms. The molecule has 0 rings (SSSR count). The monoisotopic (exact) mass is 162 g/mol. The zero-order valence-corrected chi connectivity index (χ0v) is 6.69. The molecule has 2 atom stereocenters. The first-order valence-corrected chi connectivity index (χ1v) is 3.54. The van der Waals surface area contributed by atoms with Crippen molar-refractivity contribution in [3.63, 3.8) is 0 Å². The maximum Gasteiger partial charge on any atom is 0.306 e. The van der Waals surface area contributed by atoms with Crippen molar-refractivity contribution in [3.05, 3.63) is 0 Å². The van der Waals surface area contributed by atoms with Crippen molar-refractivity contribution in [1.82, 2.24) is 0 Å². The van der Waals surface area contributed by atoms with Crippen LogP contribution in [-0.4, -0.2) is 27.6 Å². The molecule has 0 spiro atoms. The molecule has 0 aromatic heterocycles. The lowest BCUT2D eigenvalue weighted by molar-refractivity contribution is -0.143. The van der Waals surface area contributed by atoms with Crippen LogP contribution >= 0.6 is 0 Å². The summed E-state index contributed by atoms with van der Waals surface area (Å²) in [5.74, 6) is -1.81. The van der Waals surface area contributed by atoms with Crippen molar-refractivity contribution in [2.75, 3.05) is 0 Å². The maximum atomic E-state index is 10.3. The molecule has 4 nitrogen and oxygen atoms in total. The van der Waals surface area contributed by atoms with Gasteiger partial charge in [-0.1, -0.05) is 13.8 Å². The molecule has 66 valence electrons. The summed E-state index contributed by atoms with van der Waals surface area (Å²) in [5, 5.41) is 25.7. The Morgan fingerprint density at radius 3 is 2.09 bits per heavy atom. The fourth-order valence-electron chi connectivity index (χ4n) is 0.780. The predicted octanol–water partition coefficient (Wildman–Crippen LogP) is 0.0440. The van der Waals surface area contributed by atoms with Crippen LogP contribution in [0, 0.1) is 11.8 Å². The molecule has 0 amide bonds.